The summed E-state index contributed by atoms with van der Waals surface area (Å²) in [6, 6.07) is 3.48. The van der Waals surface area contributed by atoms with E-state index in [1.54, 1.807) is 21.9 Å². The Kier molecular flexibility index (Phi) is 5.29. The van der Waals surface area contributed by atoms with Crippen molar-refractivity contribution in [3.63, 3.8) is 0 Å². The number of urea groups is 1. The number of aromatic nitrogens is 2. The minimum absolute atomic E-state index is 0.000145. The summed E-state index contributed by atoms with van der Waals surface area (Å²) in [7, 11) is 1.86. The molecule has 0 spiro atoms. The van der Waals surface area contributed by atoms with Gasteiger partial charge in [0.2, 0.25) is 5.91 Å². The Bertz CT molecular complexity index is 773. The number of carbonyl (C=O) groups excluding carboxylic acids is 2. The molecule has 2 aromatic rings. The first-order chi connectivity index (χ1) is 12.5. The number of carbonyl (C=O) groups is 2. The van der Waals surface area contributed by atoms with Gasteiger partial charge in [0, 0.05) is 26.1 Å². The van der Waals surface area contributed by atoms with Crippen molar-refractivity contribution >= 4 is 17.6 Å². The van der Waals surface area contributed by atoms with Gasteiger partial charge in [-0.2, -0.15) is 5.10 Å². The zero-order chi connectivity index (χ0) is 18.7. The quantitative estimate of drug-likeness (QED) is 0.875. The zero-order valence-corrected chi connectivity index (χ0v) is 15.4. The molecule has 2 N–H and O–H groups in total. The number of anilines is 1. The van der Waals surface area contributed by atoms with Gasteiger partial charge in [-0.05, 0) is 38.8 Å². The van der Waals surface area contributed by atoms with Crippen molar-refractivity contribution in [1.82, 2.24) is 20.0 Å². The van der Waals surface area contributed by atoms with Gasteiger partial charge in [-0.3, -0.25) is 9.48 Å². The summed E-state index contributed by atoms with van der Waals surface area (Å²) in [6.45, 7) is 5.31. The normalized spacial score (nSPS) is 15.1. The summed E-state index contributed by atoms with van der Waals surface area (Å²) in [5.41, 5.74) is 2.54. The van der Waals surface area contributed by atoms with Crippen LogP contribution in [0.3, 0.4) is 0 Å². The Balaban J connectivity index is 1.48. The van der Waals surface area contributed by atoms with Gasteiger partial charge >= 0.3 is 6.03 Å². The monoisotopic (exact) mass is 359 g/mol. The van der Waals surface area contributed by atoms with Crippen LogP contribution in [0.4, 0.5) is 10.5 Å². The summed E-state index contributed by atoms with van der Waals surface area (Å²) in [5.74, 6) is 0.623. The van der Waals surface area contributed by atoms with Gasteiger partial charge in [0.05, 0.1) is 29.9 Å². The number of rotatable bonds is 4. The lowest BCUT2D eigenvalue weighted by atomic mass is 9.96. The maximum absolute atomic E-state index is 12.6. The van der Waals surface area contributed by atoms with Gasteiger partial charge in [-0.25, -0.2) is 4.79 Å². The van der Waals surface area contributed by atoms with E-state index in [4.69, 9.17) is 4.42 Å². The molecule has 0 unspecified atom stereocenters. The molecule has 0 saturated carbocycles. The number of aryl methyl sites for hydroxylation is 2. The second kappa shape index (κ2) is 7.63. The standard InChI is InChI=1S/C18H25N5O3/c1-12-16(13(2)22(3)21-12)20-17(24)14-6-8-23(9-7-14)18(25)19-11-15-5-4-10-26-15/h4-5,10,14H,6-9,11H2,1-3H3,(H,19,25)(H,20,24). The average molecular weight is 359 g/mol. The van der Waals surface area contributed by atoms with Gasteiger partial charge in [-0.15, -0.1) is 0 Å². The molecule has 0 aliphatic carbocycles. The van der Waals surface area contributed by atoms with Crippen LogP contribution in [0.2, 0.25) is 0 Å². The number of furan rings is 1. The highest BCUT2D eigenvalue weighted by molar-refractivity contribution is 5.93. The fourth-order valence-corrected chi connectivity index (χ4v) is 3.21. The van der Waals surface area contributed by atoms with Crippen molar-refractivity contribution in [2.24, 2.45) is 13.0 Å². The number of hydrogen-bond donors (Lipinski definition) is 2. The molecule has 0 bridgehead atoms. The third-order valence-corrected chi connectivity index (χ3v) is 4.90. The summed E-state index contributed by atoms with van der Waals surface area (Å²) in [4.78, 5) is 26.5. The van der Waals surface area contributed by atoms with Crippen LogP contribution < -0.4 is 10.6 Å². The number of nitrogens with zero attached hydrogens (tertiary/aromatic N) is 3. The van der Waals surface area contributed by atoms with Crippen LogP contribution in [-0.2, 0) is 18.4 Å². The molecule has 0 atom stereocenters. The van der Waals surface area contributed by atoms with Gasteiger partial charge in [0.15, 0.2) is 0 Å². The SMILES string of the molecule is Cc1nn(C)c(C)c1NC(=O)C1CCN(C(=O)NCc2ccco2)CC1. The summed E-state index contributed by atoms with van der Waals surface area (Å²) < 4.78 is 6.97. The van der Waals surface area contributed by atoms with Crippen molar-refractivity contribution in [2.75, 3.05) is 18.4 Å². The largest absolute Gasteiger partial charge is 0.467 e. The topological polar surface area (TPSA) is 92.4 Å². The molecule has 3 rings (SSSR count). The van der Waals surface area contributed by atoms with Crippen molar-refractivity contribution < 1.29 is 14.0 Å². The molecule has 1 saturated heterocycles. The fourth-order valence-electron chi connectivity index (χ4n) is 3.21. The van der Waals surface area contributed by atoms with E-state index in [1.807, 2.05) is 27.0 Å². The molecular formula is C18H25N5O3. The second-order valence-electron chi connectivity index (χ2n) is 6.66. The molecule has 0 aromatic carbocycles. The minimum atomic E-state index is -0.126. The molecule has 8 nitrogen and oxygen atoms in total. The highest BCUT2D eigenvalue weighted by Gasteiger charge is 2.28. The van der Waals surface area contributed by atoms with E-state index in [9.17, 15) is 9.59 Å². The summed E-state index contributed by atoms with van der Waals surface area (Å²) >= 11 is 0. The molecule has 26 heavy (non-hydrogen) atoms. The molecule has 8 heteroatoms. The lowest BCUT2D eigenvalue weighted by Crippen LogP contribution is -2.45. The Morgan fingerprint density at radius 3 is 2.62 bits per heavy atom. The molecule has 1 aliphatic rings. The average Bonchev–Trinajstić information content (AvgIpc) is 3.24. The minimum Gasteiger partial charge on any atom is -0.467 e. The van der Waals surface area contributed by atoms with Gasteiger partial charge < -0.3 is 20.0 Å². The van der Waals surface area contributed by atoms with E-state index in [1.165, 1.54) is 0 Å². The zero-order valence-electron chi connectivity index (χ0n) is 15.4. The lowest BCUT2D eigenvalue weighted by Gasteiger charge is -2.31. The van der Waals surface area contributed by atoms with Crippen LogP contribution in [0, 0.1) is 19.8 Å². The highest BCUT2D eigenvalue weighted by atomic mass is 16.3. The Hall–Kier alpha value is -2.77. The summed E-state index contributed by atoms with van der Waals surface area (Å²) in [6.07, 6.45) is 2.88. The molecule has 3 heterocycles. The Labute approximate surface area is 152 Å². The Morgan fingerprint density at radius 1 is 1.31 bits per heavy atom. The lowest BCUT2D eigenvalue weighted by molar-refractivity contribution is -0.121. The summed E-state index contributed by atoms with van der Waals surface area (Å²) in [5, 5.41) is 10.2. The van der Waals surface area contributed by atoms with Crippen molar-refractivity contribution in [3.8, 4) is 0 Å². The number of amides is 3. The number of nitrogens with one attached hydrogen (secondary N) is 2. The Morgan fingerprint density at radius 2 is 2.04 bits per heavy atom. The van der Waals surface area contributed by atoms with Gasteiger partial charge in [-0.1, -0.05) is 0 Å². The molecule has 3 amide bonds. The molecule has 0 radical (unpaired) electrons. The molecular weight excluding hydrogens is 334 g/mol. The van der Waals surface area contributed by atoms with Crippen LogP contribution in [0.15, 0.2) is 22.8 Å². The van der Waals surface area contributed by atoms with Crippen molar-refractivity contribution in [2.45, 2.75) is 33.2 Å². The molecule has 140 valence electrons. The third kappa shape index (κ3) is 3.89. The maximum atomic E-state index is 12.6. The first-order valence-electron chi connectivity index (χ1n) is 8.82. The van der Waals surface area contributed by atoms with Gasteiger partial charge in [0.1, 0.15) is 5.76 Å². The van der Waals surface area contributed by atoms with E-state index in [2.05, 4.69) is 15.7 Å². The number of hydrogen-bond acceptors (Lipinski definition) is 4. The first-order valence-corrected chi connectivity index (χ1v) is 8.82. The predicted molar refractivity (Wildman–Crippen MR) is 96.6 cm³/mol. The predicted octanol–water partition coefficient (Wildman–Crippen LogP) is 2.19. The first kappa shape index (κ1) is 18.0. The van der Waals surface area contributed by atoms with E-state index in [0.717, 1.165) is 22.8 Å². The number of likely N-dealkylation sites (tertiary alicyclic amines) is 1. The van der Waals surface area contributed by atoms with E-state index in [0.29, 0.717) is 32.5 Å². The van der Waals surface area contributed by atoms with Crippen LogP contribution in [-0.4, -0.2) is 39.7 Å². The molecule has 1 fully saturated rings. The smallest absolute Gasteiger partial charge is 0.317 e. The van der Waals surface area contributed by atoms with Gasteiger partial charge in [0.25, 0.3) is 0 Å². The van der Waals surface area contributed by atoms with Crippen molar-refractivity contribution in [1.29, 1.82) is 0 Å². The van der Waals surface area contributed by atoms with E-state index in [-0.39, 0.29) is 17.9 Å². The van der Waals surface area contributed by atoms with Crippen molar-refractivity contribution in [3.05, 3.63) is 35.5 Å². The molecule has 2 aromatic heterocycles. The molecule has 1 aliphatic heterocycles. The fraction of sp³-hybridized carbons (Fsp3) is 0.500. The van der Waals surface area contributed by atoms with E-state index >= 15 is 0 Å². The second-order valence-corrected chi connectivity index (χ2v) is 6.66. The third-order valence-electron chi connectivity index (χ3n) is 4.90. The van der Waals surface area contributed by atoms with Crippen LogP contribution >= 0.6 is 0 Å². The van der Waals surface area contributed by atoms with Crippen LogP contribution in [0.25, 0.3) is 0 Å². The number of piperidine rings is 1. The van der Waals surface area contributed by atoms with Crippen LogP contribution in [0.5, 0.6) is 0 Å². The maximum Gasteiger partial charge on any atom is 0.317 e. The van der Waals surface area contributed by atoms with Crippen LogP contribution in [0.1, 0.15) is 30.0 Å². The van der Waals surface area contributed by atoms with E-state index < -0.39 is 0 Å². The highest BCUT2D eigenvalue weighted by Crippen LogP contribution is 2.23.